The topological polar surface area (TPSA) is 20.3 Å². The van der Waals surface area contributed by atoms with Gasteiger partial charge in [0.2, 0.25) is 0 Å². The lowest BCUT2D eigenvalue weighted by Crippen LogP contribution is -2.53. The second-order valence-electron chi connectivity index (χ2n) is 6.94. The van der Waals surface area contributed by atoms with Crippen molar-refractivity contribution in [1.82, 2.24) is 0 Å². The Kier molecular flexibility index (Phi) is 3.95. The van der Waals surface area contributed by atoms with E-state index in [1.807, 2.05) is 6.07 Å². The summed E-state index contributed by atoms with van der Waals surface area (Å²) in [4.78, 5) is 13.7. The summed E-state index contributed by atoms with van der Waals surface area (Å²) in [6.07, 6.45) is 3.23. The fourth-order valence-corrected chi connectivity index (χ4v) is 3.87. The van der Waals surface area contributed by atoms with E-state index in [2.05, 4.69) is 52.5 Å². The van der Waals surface area contributed by atoms with E-state index in [0.29, 0.717) is 12.0 Å². The van der Waals surface area contributed by atoms with Gasteiger partial charge in [0.1, 0.15) is 6.29 Å². The normalized spacial score (nSPS) is 22.3. The van der Waals surface area contributed by atoms with Gasteiger partial charge in [0.25, 0.3) is 0 Å². The minimum atomic E-state index is 0.162. The van der Waals surface area contributed by atoms with Crippen molar-refractivity contribution in [3.05, 3.63) is 28.8 Å². The van der Waals surface area contributed by atoms with Crippen LogP contribution in [-0.2, 0) is 0 Å². The van der Waals surface area contributed by atoms with Crippen LogP contribution in [0.25, 0.3) is 0 Å². The van der Waals surface area contributed by atoms with Crippen molar-refractivity contribution < 1.29 is 4.79 Å². The van der Waals surface area contributed by atoms with E-state index >= 15 is 0 Å². The second kappa shape index (κ2) is 5.23. The molecule has 0 N–H and O–H groups in total. The van der Waals surface area contributed by atoms with Gasteiger partial charge in [0, 0.05) is 22.8 Å². The van der Waals surface area contributed by atoms with Gasteiger partial charge in [0.15, 0.2) is 0 Å². The van der Waals surface area contributed by atoms with Crippen LogP contribution in [0.4, 0.5) is 5.69 Å². The molecule has 0 saturated carbocycles. The fourth-order valence-electron chi connectivity index (χ4n) is 3.87. The quantitative estimate of drug-likeness (QED) is 0.744. The van der Waals surface area contributed by atoms with Crippen LogP contribution in [0.1, 0.15) is 74.9 Å². The molecule has 0 fully saturated rings. The van der Waals surface area contributed by atoms with Crippen molar-refractivity contribution in [3.8, 4) is 0 Å². The van der Waals surface area contributed by atoms with E-state index in [9.17, 15) is 4.79 Å². The van der Waals surface area contributed by atoms with E-state index in [4.69, 9.17) is 0 Å². The molecule has 0 aromatic heterocycles. The predicted octanol–water partition coefficient (Wildman–Crippen LogP) is 4.70. The Hall–Kier alpha value is -1.31. The van der Waals surface area contributed by atoms with Gasteiger partial charge in [-0.25, -0.2) is 0 Å². The fraction of sp³-hybridized carbons (Fsp3) is 0.611. The lowest BCUT2D eigenvalue weighted by atomic mass is 9.77. The molecule has 0 amide bonds. The Balaban J connectivity index is 2.67. The van der Waals surface area contributed by atoms with Gasteiger partial charge in [-0.15, -0.1) is 0 Å². The highest BCUT2D eigenvalue weighted by atomic mass is 16.1. The zero-order chi connectivity index (χ0) is 15.1. The van der Waals surface area contributed by atoms with Crippen LogP contribution in [0.5, 0.6) is 0 Å². The van der Waals surface area contributed by atoms with Crippen LogP contribution in [0, 0.1) is 6.92 Å². The Morgan fingerprint density at radius 3 is 2.65 bits per heavy atom. The number of nitrogens with zero attached hydrogens (tertiary/aromatic N) is 1. The Morgan fingerprint density at radius 1 is 1.45 bits per heavy atom. The summed E-state index contributed by atoms with van der Waals surface area (Å²) in [7, 11) is 0. The van der Waals surface area contributed by atoms with Crippen LogP contribution in [0.2, 0.25) is 0 Å². The van der Waals surface area contributed by atoms with Crippen molar-refractivity contribution in [2.75, 3.05) is 4.90 Å². The van der Waals surface area contributed by atoms with Crippen LogP contribution < -0.4 is 4.90 Å². The number of aryl methyl sites for hydroxylation is 1. The number of aldehydes is 1. The summed E-state index contributed by atoms with van der Waals surface area (Å²) in [6, 6.07) is 4.62. The minimum Gasteiger partial charge on any atom is -0.363 e. The highest BCUT2D eigenvalue weighted by molar-refractivity contribution is 5.79. The van der Waals surface area contributed by atoms with Crippen molar-refractivity contribution in [2.45, 2.75) is 71.9 Å². The largest absolute Gasteiger partial charge is 0.363 e. The first-order valence-electron chi connectivity index (χ1n) is 7.71. The smallest absolute Gasteiger partial charge is 0.150 e. The zero-order valence-corrected chi connectivity index (χ0v) is 13.7. The molecule has 2 atom stereocenters. The van der Waals surface area contributed by atoms with Crippen LogP contribution >= 0.6 is 0 Å². The lowest BCUT2D eigenvalue weighted by Gasteiger charge is -2.51. The monoisotopic (exact) mass is 273 g/mol. The van der Waals surface area contributed by atoms with E-state index in [1.165, 1.54) is 16.8 Å². The number of rotatable bonds is 3. The van der Waals surface area contributed by atoms with Gasteiger partial charge in [-0.05, 0) is 69.7 Å². The standard InChI is InChI=1S/C18H27NO/c1-7-14(4)19-17-12(2)8-15(11-20)9-16(17)13(3)10-18(19,5)6/h8-9,11,13-14H,7,10H2,1-6H3. The first-order chi connectivity index (χ1) is 9.31. The lowest BCUT2D eigenvalue weighted by molar-refractivity contribution is 0.112. The molecule has 0 bridgehead atoms. The molecule has 1 aromatic rings. The molecular weight excluding hydrogens is 246 g/mol. The molecule has 0 aliphatic carbocycles. The van der Waals surface area contributed by atoms with Crippen LogP contribution in [-0.4, -0.2) is 17.9 Å². The first-order valence-corrected chi connectivity index (χ1v) is 7.71. The number of fused-ring (bicyclic) bond motifs is 1. The summed E-state index contributed by atoms with van der Waals surface area (Å²) in [6.45, 7) is 13.6. The number of anilines is 1. The van der Waals surface area contributed by atoms with Crippen molar-refractivity contribution >= 4 is 12.0 Å². The maximum atomic E-state index is 11.1. The Labute approximate surface area is 123 Å². The Bertz CT molecular complexity index is 518. The third kappa shape index (κ3) is 2.36. The highest BCUT2D eigenvalue weighted by Gasteiger charge is 2.39. The number of benzene rings is 1. The molecule has 2 unspecified atom stereocenters. The van der Waals surface area contributed by atoms with Gasteiger partial charge in [-0.1, -0.05) is 13.8 Å². The van der Waals surface area contributed by atoms with E-state index in [0.717, 1.165) is 24.7 Å². The maximum absolute atomic E-state index is 11.1. The molecule has 20 heavy (non-hydrogen) atoms. The summed E-state index contributed by atoms with van der Waals surface area (Å²) in [5.74, 6) is 0.499. The first kappa shape index (κ1) is 15.1. The van der Waals surface area contributed by atoms with Crippen LogP contribution in [0.3, 0.4) is 0 Å². The minimum absolute atomic E-state index is 0.162. The molecule has 2 rings (SSSR count). The van der Waals surface area contributed by atoms with E-state index in [1.54, 1.807) is 0 Å². The van der Waals surface area contributed by atoms with Gasteiger partial charge in [-0.2, -0.15) is 0 Å². The van der Waals surface area contributed by atoms with Crippen molar-refractivity contribution in [3.63, 3.8) is 0 Å². The summed E-state index contributed by atoms with van der Waals surface area (Å²) >= 11 is 0. The van der Waals surface area contributed by atoms with E-state index < -0.39 is 0 Å². The number of carbonyl (C=O) groups is 1. The second-order valence-corrected chi connectivity index (χ2v) is 6.94. The molecule has 0 radical (unpaired) electrons. The van der Waals surface area contributed by atoms with Crippen molar-refractivity contribution in [1.29, 1.82) is 0 Å². The van der Waals surface area contributed by atoms with Gasteiger partial charge in [0.05, 0.1) is 0 Å². The molecular formula is C18H27NO. The average Bonchev–Trinajstić information content (AvgIpc) is 2.38. The zero-order valence-electron chi connectivity index (χ0n) is 13.7. The molecule has 1 aliphatic rings. The number of carbonyl (C=O) groups excluding carboxylic acids is 1. The Morgan fingerprint density at radius 2 is 2.10 bits per heavy atom. The van der Waals surface area contributed by atoms with Gasteiger partial charge in [-0.3, -0.25) is 4.79 Å². The molecule has 110 valence electrons. The van der Waals surface area contributed by atoms with Crippen molar-refractivity contribution in [2.24, 2.45) is 0 Å². The third-order valence-electron chi connectivity index (χ3n) is 4.75. The molecule has 2 nitrogen and oxygen atoms in total. The van der Waals surface area contributed by atoms with E-state index in [-0.39, 0.29) is 5.54 Å². The number of hydrogen-bond acceptors (Lipinski definition) is 2. The predicted molar refractivity (Wildman–Crippen MR) is 85.9 cm³/mol. The molecule has 2 heteroatoms. The average molecular weight is 273 g/mol. The third-order valence-corrected chi connectivity index (χ3v) is 4.75. The molecule has 1 aromatic carbocycles. The molecule has 1 heterocycles. The molecule has 1 aliphatic heterocycles. The summed E-state index contributed by atoms with van der Waals surface area (Å²) in [5.41, 5.74) is 4.89. The van der Waals surface area contributed by atoms with Gasteiger partial charge < -0.3 is 4.90 Å². The number of hydrogen-bond donors (Lipinski definition) is 0. The summed E-state index contributed by atoms with van der Waals surface area (Å²) in [5, 5.41) is 0. The SMILES string of the molecule is CCC(C)N1c2c(C)cc(C=O)cc2C(C)CC1(C)C. The molecule has 0 saturated heterocycles. The maximum Gasteiger partial charge on any atom is 0.150 e. The molecule has 0 spiro atoms. The van der Waals surface area contributed by atoms with Crippen LogP contribution in [0.15, 0.2) is 12.1 Å². The van der Waals surface area contributed by atoms with Gasteiger partial charge >= 0.3 is 0 Å². The highest BCUT2D eigenvalue weighted by Crippen LogP contribution is 2.46. The summed E-state index contributed by atoms with van der Waals surface area (Å²) < 4.78 is 0.